The predicted octanol–water partition coefficient (Wildman–Crippen LogP) is 25.6. The fourth-order valence-electron chi connectivity index (χ4n) is 26.2. The third kappa shape index (κ3) is 35.8. The average Bonchev–Trinajstić information content (AvgIpc) is 1.65. The summed E-state index contributed by atoms with van der Waals surface area (Å²) < 4.78 is 16.2. The molecule has 25 atom stereocenters. The molecule has 2 N–H and O–H groups in total. The van der Waals surface area contributed by atoms with Crippen LogP contribution in [-0.2, 0) is 229 Å². The van der Waals surface area contributed by atoms with E-state index in [0.717, 1.165) is 162 Å². The molecule has 15 unspecified atom stereocenters. The van der Waals surface area contributed by atoms with E-state index < -0.39 is 13.0 Å². The average molecular weight is 2350 g/mol. The van der Waals surface area contributed by atoms with Crippen molar-refractivity contribution >= 4 is 81.6 Å². The number of hydrogen-bond donors (Lipinski definition) is 1. The van der Waals surface area contributed by atoms with Gasteiger partial charge in [0.15, 0.2) is 0 Å². The molecule has 679 valence electrons. The molecule has 0 aromatic carbocycles. The topological polar surface area (TPSA) is 146 Å². The second kappa shape index (κ2) is 61.9. The summed E-state index contributed by atoms with van der Waals surface area (Å²) in [4.78, 5) is 44.9. The number of ether oxygens (including phenoxy) is 3. The third-order valence-electron chi connectivity index (χ3n) is 32.3. The largest absolute Gasteiger partial charge is 1.00 e. The molecular formula is C100H158BrCl4LiO9RhY5Zn-5. The van der Waals surface area contributed by atoms with Crippen LogP contribution < -0.4 is 18.9 Å². The summed E-state index contributed by atoms with van der Waals surface area (Å²) in [6, 6.07) is 0. The zero-order valence-corrected chi connectivity index (χ0v) is 102. The minimum absolute atomic E-state index is 0. The number of fused-ring (bicyclic) bond motifs is 5. The van der Waals surface area contributed by atoms with E-state index in [4.69, 9.17) is 76.2 Å². The molecule has 13 rings (SSSR count). The van der Waals surface area contributed by atoms with Gasteiger partial charge in [-0.25, -0.2) is 9.59 Å². The molecule has 9 nitrogen and oxygen atoms in total. The van der Waals surface area contributed by atoms with E-state index in [-0.39, 0.29) is 269 Å². The van der Waals surface area contributed by atoms with Crippen LogP contribution in [0.3, 0.4) is 0 Å². The van der Waals surface area contributed by atoms with Crippen LogP contribution in [0, 0.1) is 155 Å². The molecule has 0 aromatic heterocycles. The van der Waals surface area contributed by atoms with Crippen molar-refractivity contribution in [2.45, 2.75) is 365 Å². The molecule has 12 fully saturated rings. The Balaban J connectivity index is -0.000000689. The molecule has 10 saturated carbocycles. The Kier molecular flexibility index (Phi) is 66.3. The molecule has 22 heteroatoms. The van der Waals surface area contributed by atoms with E-state index in [1.165, 1.54) is 168 Å². The van der Waals surface area contributed by atoms with Gasteiger partial charge in [-0.1, -0.05) is 181 Å². The van der Waals surface area contributed by atoms with Crippen LogP contribution in [0.15, 0.2) is 76.0 Å². The summed E-state index contributed by atoms with van der Waals surface area (Å²) >= 11 is 1.55. The molecule has 3 aliphatic heterocycles. The summed E-state index contributed by atoms with van der Waals surface area (Å²) in [5, 5.41) is 11.0. The molecule has 0 amide bonds. The Morgan fingerprint density at radius 3 is 1.11 bits per heavy atom. The Hall–Kier alpha value is 4.66. The molecule has 13 aliphatic rings. The van der Waals surface area contributed by atoms with Crippen molar-refractivity contribution in [2.24, 2.45) is 122 Å². The Labute approximate surface area is 929 Å². The van der Waals surface area contributed by atoms with Gasteiger partial charge in [0.2, 0.25) is 0 Å². The number of cyclic esters (lactones) is 3. The van der Waals surface area contributed by atoms with Gasteiger partial charge < -0.3 is 62.5 Å². The molecular weight excluding hydrogens is 2190 g/mol. The first kappa shape index (κ1) is 131. The van der Waals surface area contributed by atoms with Gasteiger partial charge in [-0.15, -0.1) is 19.0 Å². The van der Waals surface area contributed by atoms with E-state index in [0.29, 0.717) is 91.8 Å². The summed E-state index contributed by atoms with van der Waals surface area (Å²) in [6.07, 6.45) is 47.2. The summed E-state index contributed by atoms with van der Waals surface area (Å²) in [5.41, 5.74) is 12.0. The molecule has 122 heavy (non-hydrogen) atoms. The van der Waals surface area contributed by atoms with Gasteiger partial charge in [-0.3, -0.25) is 32.7 Å². The second-order valence-electron chi connectivity index (χ2n) is 40.2. The quantitative estimate of drug-likeness (QED) is 0.0154. The Morgan fingerprint density at radius 1 is 0.541 bits per heavy atom. The number of hydrogen-bond acceptors (Lipinski definition) is 9. The standard InChI is InChI=1S/C20H31O2.2C20H29O2.C20H33O.C16H25O.C4H7Br.4ClH.Li.H2O.Rh.5Y.Zn.H2/c3*1-13-6-5-11-20(4)17(13)9-10-18(20)14(2)7-8-16-12-15(3)19(21)22-16;1-14(2)13-17(21)9-8-16(4)19-11-10-18-15(3)7-6-12-20(18,19)5;1-12-6-4-10-16(3)14(12)8-9-15(16)13(2)7-5-11-17;1-4(2)3-5;;;;;;;;;;;;;;/h1,14-18H,5-12H2,2-4H3;1,12,14,16-18H,5-11H2,2-4H3;1,14,16-18H,3,5-12H2,2,4H3;3,16-19,21H,1,6-13H2,2,4-5H3;1,11,13-15H,4-10H2,2-3H3;1,3H2,2H3;4*1H;;1H2;;;;;;;;1H/q5*-1;;;;;;+1;;+3;;;;;;;/p-4/t14?,15?,16?,17?,18-,20+;2*14?,16?,17?,18-,20+;16?,17?,18?,19-,20+;13?,14?,15-,16+;;;;;;;;;;;;;;;/m11111.............../s1. The van der Waals surface area contributed by atoms with Crippen molar-refractivity contribution in [2.75, 3.05) is 5.33 Å². The third-order valence-corrected chi connectivity index (χ3v) is 33.2. The number of esters is 3. The van der Waals surface area contributed by atoms with Gasteiger partial charge in [0.1, 0.15) is 24.6 Å². The second-order valence-corrected chi connectivity index (χ2v) is 48.2. The van der Waals surface area contributed by atoms with Crippen molar-refractivity contribution in [1.82, 2.24) is 0 Å². The first-order valence-corrected chi connectivity index (χ1v) is 52.3. The van der Waals surface area contributed by atoms with E-state index in [9.17, 15) is 24.3 Å². The molecule has 0 bridgehead atoms. The molecule has 2 saturated heterocycles. The maximum Gasteiger partial charge on any atom is 1.00 e. The van der Waals surface area contributed by atoms with Gasteiger partial charge >= 0.3 is 78.8 Å². The monoisotopic (exact) mass is 2340 g/mol. The van der Waals surface area contributed by atoms with Crippen LogP contribution in [0.25, 0.3) is 0 Å². The summed E-state index contributed by atoms with van der Waals surface area (Å²) in [5.74, 6) is 10.3. The summed E-state index contributed by atoms with van der Waals surface area (Å²) in [7, 11) is 14.8. The van der Waals surface area contributed by atoms with Crippen LogP contribution in [0.2, 0.25) is 0 Å². The maximum atomic E-state index is 11.5. The van der Waals surface area contributed by atoms with Crippen LogP contribution in [0.5, 0.6) is 0 Å². The van der Waals surface area contributed by atoms with E-state index in [1.54, 1.807) is 0 Å². The van der Waals surface area contributed by atoms with Crippen LogP contribution in [0.4, 0.5) is 0 Å². The van der Waals surface area contributed by atoms with Crippen LogP contribution in [0.1, 0.15) is 342 Å². The SMILES string of the molecule is C=C(C)CBr.Cl.[CH-]=C1CCC[C@@]2(C)C1CC[C@@H]2C(C)CCC(O)CC(=C)C.[CH-]=C1CCC[C@@]2(C)C1CC[C@@H]2C(C)CCC1C=C(C)C(=O)O1.[CH-]=C1CCC[C@@]2(C)C1CC[C@@H]2C(C)CCC1CC(=C)C(=O)O1.[CH-]=C1CCC[C@@]2(C)C1CC[C@@H]2C(C)CCC1CC(C)C(=O)O1.[CH-]=C1CCC[C@@]2(C)C1CC[C@@H]2C(C)CCC=O.[Cl][Rh]([Cl])[Cl].[HH].[Li+].[OH-].[Y].[Y].[Y].[Y].[Y].[Zn]. The number of rotatable bonds is 23. The zero-order chi connectivity index (χ0) is 83.7. The molecule has 0 spiro atoms. The number of aliphatic hydroxyl groups excluding tert-OH is 1. The first-order chi connectivity index (χ1) is 53.2. The molecule has 10 aliphatic carbocycles. The number of halogens is 5. The minimum Gasteiger partial charge on any atom is -0.870 e. The van der Waals surface area contributed by atoms with Gasteiger partial charge in [0, 0.05) is 214 Å². The number of carbonyl (C=O) groups excluding carboxylic acids is 4. The number of aldehydes is 1. The van der Waals surface area contributed by atoms with Gasteiger partial charge in [0.05, 0.1) is 12.0 Å². The van der Waals surface area contributed by atoms with Crippen molar-refractivity contribution in [1.29, 1.82) is 0 Å². The maximum absolute atomic E-state index is 11.5. The van der Waals surface area contributed by atoms with Crippen molar-refractivity contribution in [3.05, 3.63) is 109 Å². The smallest absolute Gasteiger partial charge is 0.870 e. The number of aliphatic hydroxyl groups is 1. The number of allylic oxidation sites excluding steroid dienone is 6. The zero-order valence-electron chi connectivity index (χ0n) is 78.4. The Bertz CT molecular complexity index is 3340. The van der Waals surface area contributed by atoms with E-state index in [2.05, 4.69) is 105 Å². The fourth-order valence-corrected chi connectivity index (χ4v) is 26.2. The van der Waals surface area contributed by atoms with Crippen LogP contribution >= 0.6 is 57.4 Å². The molecule has 3 heterocycles. The first-order valence-electron chi connectivity index (χ1n) is 44.8. The van der Waals surface area contributed by atoms with E-state index in [1.807, 2.05) is 33.8 Å². The Morgan fingerprint density at radius 2 is 0.844 bits per heavy atom. The van der Waals surface area contributed by atoms with Gasteiger partial charge in [-0.2, -0.15) is 0 Å². The number of carbonyl (C=O) groups is 4. The van der Waals surface area contributed by atoms with Crippen molar-refractivity contribution in [3.63, 3.8) is 0 Å². The summed E-state index contributed by atoms with van der Waals surface area (Å²) in [6.45, 7) is 74.8. The fraction of sp³-hybridized carbons (Fsp3) is 0.780. The molecule has 5 radical (unpaired) electrons. The molecule has 0 aromatic rings. The number of alkyl halides is 1. The normalized spacial score (nSPS) is 34.2. The predicted molar refractivity (Wildman–Crippen MR) is 482 cm³/mol. The van der Waals surface area contributed by atoms with Gasteiger partial charge in [0.25, 0.3) is 0 Å². The van der Waals surface area contributed by atoms with Crippen molar-refractivity contribution < 1.29 is 260 Å². The van der Waals surface area contributed by atoms with Crippen LogP contribution in [-0.4, -0.2) is 64.5 Å². The minimum atomic E-state index is -1.66. The van der Waals surface area contributed by atoms with E-state index >= 15 is 0 Å². The van der Waals surface area contributed by atoms with Gasteiger partial charge in [-0.05, 0) is 310 Å². The van der Waals surface area contributed by atoms with Crippen molar-refractivity contribution in [3.8, 4) is 0 Å².